The number of amidine groups is 1. The van der Waals surface area contributed by atoms with Gasteiger partial charge in [0, 0.05) is 29.7 Å². The predicted molar refractivity (Wildman–Crippen MR) is 98.9 cm³/mol. The van der Waals surface area contributed by atoms with Crippen LogP contribution < -0.4 is 0 Å². The predicted octanol–water partition coefficient (Wildman–Crippen LogP) is 4.06. The van der Waals surface area contributed by atoms with Crippen LogP contribution in [0.25, 0.3) is 0 Å². The molecule has 1 atom stereocenters. The summed E-state index contributed by atoms with van der Waals surface area (Å²) in [5, 5.41) is 2.08. The fourth-order valence-corrected chi connectivity index (χ4v) is 3.89. The van der Waals surface area contributed by atoms with Crippen molar-refractivity contribution in [2.24, 2.45) is 9.98 Å². The molecule has 124 valence electrons. The second kappa shape index (κ2) is 5.97. The lowest BCUT2D eigenvalue weighted by Crippen LogP contribution is -2.44. The first-order valence-electron chi connectivity index (χ1n) is 8.34. The molecule has 0 bridgehead atoms. The topological polar surface area (TPSA) is 54.0 Å². The maximum absolute atomic E-state index is 5.67. The number of furan rings is 1. The maximum Gasteiger partial charge on any atom is 0.163 e. The highest BCUT2D eigenvalue weighted by atomic mass is 32.1. The van der Waals surface area contributed by atoms with E-state index >= 15 is 0 Å². The number of likely N-dealkylation sites (tertiary alicyclic amines) is 1. The fourth-order valence-electron chi connectivity index (χ4n) is 3.13. The molecule has 0 aromatic carbocycles. The van der Waals surface area contributed by atoms with E-state index in [4.69, 9.17) is 14.4 Å². The molecule has 0 spiro atoms. The minimum atomic E-state index is -0.130. The SMILES string of the molecule is c1coc(C2=NC(c3cccs3)C(N3CCC3)=Nc3ncccc32)c1. The Morgan fingerprint density at radius 3 is 2.80 bits per heavy atom. The Morgan fingerprint density at radius 2 is 2.08 bits per heavy atom. The largest absolute Gasteiger partial charge is 0.463 e. The zero-order valence-electron chi connectivity index (χ0n) is 13.5. The molecule has 5 rings (SSSR count). The summed E-state index contributed by atoms with van der Waals surface area (Å²) in [6.45, 7) is 2.04. The molecule has 0 saturated carbocycles. The van der Waals surface area contributed by atoms with Crippen LogP contribution in [0.5, 0.6) is 0 Å². The van der Waals surface area contributed by atoms with Gasteiger partial charge in [0.1, 0.15) is 17.6 Å². The zero-order chi connectivity index (χ0) is 16.6. The van der Waals surface area contributed by atoms with Gasteiger partial charge in [-0.1, -0.05) is 6.07 Å². The summed E-state index contributed by atoms with van der Waals surface area (Å²) < 4.78 is 5.67. The monoisotopic (exact) mass is 348 g/mol. The van der Waals surface area contributed by atoms with Crippen molar-refractivity contribution in [1.29, 1.82) is 0 Å². The van der Waals surface area contributed by atoms with Crippen LogP contribution in [-0.2, 0) is 0 Å². The van der Waals surface area contributed by atoms with Gasteiger partial charge in [0.15, 0.2) is 11.6 Å². The van der Waals surface area contributed by atoms with E-state index in [0.717, 1.165) is 36.0 Å². The summed E-state index contributed by atoms with van der Waals surface area (Å²) in [6.07, 6.45) is 4.65. The number of fused-ring (bicyclic) bond motifs is 1. The van der Waals surface area contributed by atoms with Crippen LogP contribution in [0.1, 0.15) is 28.7 Å². The first-order valence-corrected chi connectivity index (χ1v) is 9.22. The van der Waals surface area contributed by atoms with Crippen molar-refractivity contribution in [2.45, 2.75) is 12.5 Å². The van der Waals surface area contributed by atoms with Gasteiger partial charge >= 0.3 is 0 Å². The molecule has 2 aliphatic heterocycles. The third-order valence-electron chi connectivity index (χ3n) is 4.51. The van der Waals surface area contributed by atoms with Crippen LogP contribution in [0.15, 0.2) is 68.6 Å². The number of aromatic nitrogens is 1. The molecule has 6 heteroatoms. The molecular formula is C19H16N4OS. The lowest BCUT2D eigenvalue weighted by Gasteiger charge is -2.35. The van der Waals surface area contributed by atoms with Gasteiger partial charge in [-0.3, -0.25) is 4.99 Å². The van der Waals surface area contributed by atoms with Gasteiger partial charge in [-0.05, 0) is 42.1 Å². The average Bonchev–Trinajstić information content (AvgIpc) is 3.26. The van der Waals surface area contributed by atoms with Crippen LogP contribution in [-0.4, -0.2) is 34.5 Å². The van der Waals surface area contributed by atoms with Gasteiger partial charge in [0.05, 0.1) is 6.26 Å². The number of pyridine rings is 1. The van der Waals surface area contributed by atoms with Gasteiger partial charge in [-0.25, -0.2) is 9.98 Å². The van der Waals surface area contributed by atoms with Crippen molar-refractivity contribution in [2.75, 3.05) is 13.1 Å². The number of hydrogen-bond donors (Lipinski definition) is 0. The minimum absolute atomic E-state index is 0.130. The van der Waals surface area contributed by atoms with Crippen LogP contribution in [0.4, 0.5) is 5.82 Å². The Bertz CT molecular complexity index is 940. The highest BCUT2D eigenvalue weighted by molar-refractivity contribution is 7.10. The summed E-state index contributed by atoms with van der Waals surface area (Å²) >= 11 is 1.71. The lowest BCUT2D eigenvalue weighted by atomic mass is 10.1. The average molecular weight is 348 g/mol. The Kier molecular flexibility index (Phi) is 3.48. The highest BCUT2D eigenvalue weighted by Gasteiger charge is 2.32. The van der Waals surface area contributed by atoms with Crippen LogP contribution >= 0.6 is 11.3 Å². The minimum Gasteiger partial charge on any atom is -0.463 e. The van der Waals surface area contributed by atoms with E-state index in [-0.39, 0.29) is 6.04 Å². The van der Waals surface area contributed by atoms with E-state index in [9.17, 15) is 0 Å². The molecule has 0 radical (unpaired) electrons. The van der Waals surface area contributed by atoms with Crippen LogP contribution in [0, 0.1) is 0 Å². The second-order valence-electron chi connectivity index (χ2n) is 6.06. The smallest absolute Gasteiger partial charge is 0.163 e. The number of nitrogens with zero attached hydrogens (tertiary/aromatic N) is 4. The molecule has 0 aliphatic carbocycles. The van der Waals surface area contributed by atoms with Gasteiger partial charge in [0.2, 0.25) is 0 Å². The normalized spacial score (nSPS) is 19.5. The van der Waals surface area contributed by atoms with Crippen molar-refractivity contribution in [3.05, 3.63) is 70.4 Å². The lowest BCUT2D eigenvalue weighted by molar-refractivity contribution is 0.291. The van der Waals surface area contributed by atoms with E-state index in [1.165, 1.54) is 11.3 Å². The van der Waals surface area contributed by atoms with Gasteiger partial charge in [-0.2, -0.15) is 0 Å². The number of hydrogen-bond acceptors (Lipinski definition) is 6. The third-order valence-corrected chi connectivity index (χ3v) is 5.44. The molecule has 5 heterocycles. The summed E-state index contributed by atoms with van der Waals surface area (Å²) in [5.74, 6) is 2.43. The van der Waals surface area contributed by atoms with E-state index in [1.54, 1.807) is 23.8 Å². The van der Waals surface area contributed by atoms with Crippen molar-refractivity contribution in [3.8, 4) is 0 Å². The Morgan fingerprint density at radius 1 is 1.12 bits per heavy atom. The molecular weight excluding hydrogens is 332 g/mol. The molecule has 2 aliphatic rings. The number of thiophene rings is 1. The van der Waals surface area contributed by atoms with Crippen molar-refractivity contribution in [1.82, 2.24) is 9.88 Å². The number of aliphatic imine (C=N–C) groups is 2. The molecule has 1 unspecified atom stereocenters. The molecule has 5 nitrogen and oxygen atoms in total. The Labute approximate surface area is 149 Å². The van der Waals surface area contributed by atoms with Crippen molar-refractivity contribution >= 4 is 28.7 Å². The molecule has 1 fully saturated rings. The number of rotatable bonds is 2. The molecule has 3 aromatic rings. The van der Waals surface area contributed by atoms with E-state index in [1.807, 2.05) is 24.3 Å². The molecule has 0 amide bonds. The molecule has 3 aromatic heterocycles. The first kappa shape index (κ1) is 14.6. The fraction of sp³-hybridized carbons (Fsp3) is 0.211. The van der Waals surface area contributed by atoms with Crippen LogP contribution in [0.2, 0.25) is 0 Å². The van der Waals surface area contributed by atoms with Crippen molar-refractivity contribution < 1.29 is 4.42 Å². The van der Waals surface area contributed by atoms with E-state index < -0.39 is 0 Å². The van der Waals surface area contributed by atoms with E-state index in [2.05, 4.69) is 27.4 Å². The van der Waals surface area contributed by atoms with E-state index in [0.29, 0.717) is 5.82 Å². The van der Waals surface area contributed by atoms with Crippen molar-refractivity contribution in [3.63, 3.8) is 0 Å². The van der Waals surface area contributed by atoms with Gasteiger partial charge < -0.3 is 9.32 Å². The second-order valence-corrected chi connectivity index (χ2v) is 7.04. The zero-order valence-corrected chi connectivity index (χ0v) is 14.3. The molecule has 0 N–H and O–H groups in total. The summed E-state index contributed by atoms with van der Waals surface area (Å²) in [5.41, 5.74) is 1.72. The summed E-state index contributed by atoms with van der Waals surface area (Å²) in [4.78, 5) is 18.0. The Hall–Kier alpha value is -2.73. The van der Waals surface area contributed by atoms with Crippen LogP contribution in [0.3, 0.4) is 0 Å². The summed E-state index contributed by atoms with van der Waals surface area (Å²) in [6, 6.07) is 11.8. The quantitative estimate of drug-likeness (QED) is 0.702. The van der Waals surface area contributed by atoms with Gasteiger partial charge in [0.25, 0.3) is 0 Å². The molecule has 25 heavy (non-hydrogen) atoms. The Balaban J connectivity index is 1.74. The standard InChI is InChI=1S/C19H16N4OS/c1-5-13-16(14-6-2-11-24-14)21-17(15-7-3-12-25-15)19(23-9-4-10-23)22-18(13)20-8-1/h1-3,5-8,11-12,17H,4,9-10H2. The molecule has 1 saturated heterocycles. The summed E-state index contributed by atoms with van der Waals surface area (Å²) in [7, 11) is 0. The maximum atomic E-state index is 5.67. The third kappa shape index (κ3) is 2.49. The first-order chi connectivity index (χ1) is 12.4. The highest BCUT2D eigenvalue weighted by Crippen LogP contribution is 2.34. The van der Waals surface area contributed by atoms with Gasteiger partial charge in [-0.15, -0.1) is 11.3 Å².